The van der Waals surface area contributed by atoms with Crippen molar-refractivity contribution < 1.29 is 5.11 Å². The number of piperidine rings is 1. The fourth-order valence-electron chi connectivity index (χ4n) is 9.05. The Morgan fingerprint density at radius 3 is 2.18 bits per heavy atom. The van der Waals surface area contributed by atoms with Crippen LogP contribution < -0.4 is 21.8 Å². The molecule has 228 valence electrons. The van der Waals surface area contributed by atoms with Gasteiger partial charge in [-0.05, 0) is 127 Å². The molecule has 1 aliphatic heterocycles. The molecule has 4 aliphatic carbocycles. The Kier molecular flexibility index (Phi) is 6.51. The van der Waals surface area contributed by atoms with Crippen LogP contribution in [0.4, 0.5) is 11.4 Å². The zero-order valence-electron chi connectivity index (χ0n) is 24.4. The SMILES string of the molecule is O=c1[nH]c2cc(N=Cc3c(O)n(-c4ccc(C56CC7CC(CC(C7)C5)C6)cc4Br)c(=O)[nH]c3=O)c(N3CCCCC3)cc2[nH]1. The molecular weight excluding hydrogens is 624 g/mol. The summed E-state index contributed by atoms with van der Waals surface area (Å²) in [6, 6.07) is 9.71. The van der Waals surface area contributed by atoms with Crippen molar-refractivity contribution in [2.45, 2.75) is 63.2 Å². The van der Waals surface area contributed by atoms with Gasteiger partial charge < -0.3 is 20.0 Å². The van der Waals surface area contributed by atoms with Crippen LogP contribution in [-0.4, -0.2) is 43.9 Å². The fourth-order valence-corrected chi connectivity index (χ4v) is 9.60. The number of aromatic nitrogens is 4. The van der Waals surface area contributed by atoms with E-state index in [2.05, 4.69) is 52.9 Å². The maximum atomic E-state index is 13.1. The molecule has 2 aromatic heterocycles. The first-order valence-electron chi connectivity index (χ1n) is 15.7. The predicted octanol–water partition coefficient (Wildman–Crippen LogP) is 5.37. The molecule has 4 saturated carbocycles. The van der Waals surface area contributed by atoms with Gasteiger partial charge in [-0.15, -0.1) is 0 Å². The Balaban J connectivity index is 1.17. The minimum Gasteiger partial charge on any atom is -0.493 e. The number of halogens is 1. The molecule has 0 unspecified atom stereocenters. The van der Waals surface area contributed by atoms with Crippen LogP contribution in [0.15, 0.2) is 54.2 Å². The fraction of sp³-hybridized carbons (Fsp3) is 0.455. The molecule has 4 bridgehead atoms. The molecule has 4 aromatic rings. The van der Waals surface area contributed by atoms with Crippen LogP contribution in [0.5, 0.6) is 5.88 Å². The second-order valence-corrected chi connectivity index (χ2v) is 14.3. The van der Waals surface area contributed by atoms with E-state index in [1.54, 1.807) is 6.07 Å². The quantitative estimate of drug-likeness (QED) is 0.214. The standard InChI is InChI=1S/C33H35BrN6O4/c34-23-11-21(33-14-18-8-19(15-33)10-20(9-18)16-33)4-5-27(23)40-30(42)22(29(41)38-32(40)44)17-35-26-12-24-25(37-31(43)36-24)13-28(26)39-6-2-1-3-7-39/h4-5,11-13,17-20,42H,1-3,6-10,14-16H2,(H2,36,37,43)(H,38,41,44). The number of aromatic hydroxyl groups is 1. The topological polar surface area (TPSA) is 139 Å². The van der Waals surface area contributed by atoms with Gasteiger partial charge in [0.25, 0.3) is 5.56 Å². The van der Waals surface area contributed by atoms with E-state index in [-0.39, 0.29) is 16.7 Å². The van der Waals surface area contributed by atoms with Crippen LogP contribution in [0.1, 0.15) is 68.9 Å². The number of H-pyrrole nitrogens is 3. The van der Waals surface area contributed by atoms with Crippen LogP contribution in [-0.2, 0) is 5.41 Å². The molecule has 5 aliphatic rings. The number of aromatic amines is 3. The summed E-state index contributed by atoms with van der Waals surface area (Å²) in [5.74, 6) is 1.93. The lowest BCUT2D eigenvalue weighted by atomic mass is 9.48. The summed E-state index contributed by atoms with van der Waals surface area (Å²) in [7, 11) is 0. The molecule has 2 aromatic carbocycles. The second-order valence-electron chi connectivity index (χ2n) is 13.5. The molecule has 0 atom stereocenters. The highest BCUT2D eigenvalue weighted by molar-refractivity contribution is 9.10. The molecule has 9 rings (SSSR count). The predicted molar refractivity (Wildman–Crippen MR) is 174 cm³/mol. The number of fused-ring (bicyclic) bond motifs is 1. The second kappa shape index (κ2) is 10.4. The minimum atomic E-state index is -0.732. The summed E-state index contributed by atoms with van der Waals surface area (Å²) >= 11 is 3.70. The Labute approximate surface area is 261 Å². The summed E-state index contributed by atoms with van der Waals surface area (Å²) in [5, 5.41) is 11.4. The number of anilines is 1. The first-order valence-corrected chi connectivity index (χ1v) is 16.5. The first-order chi connectivity index (χ1) is 21.3. The van der Waals surface area contributed by atoms with Crippen molar-refractivity contribution in [3.8, 4) is 11.6 Å². The molecule has 4 N–H and O–H groups in total. The number of rotatable bonds is 5. The van der Waals surface area contributed by atoms with Crippen molar-refractivity contribution in [1.29, 1.82) is 0 Å². The van der Waals surface area contributed by atoms with Crippen molar-refractivity contribution in [3.63, 3.8) is 0 Å². The molecule has 11 heteroatoms. The number of nitrogens with zero attached hydrogens (tertiary/aromatic N) is 3. The van der Waals surface area contributed by atoms with Crippen molar-refractivity contribution in [3.05, 3.63) is 77.3 Å². The Morgan fingerprint density at radius 2 is 1.52 bits per heavy atom. The van der Waals surface area contributed by atoms with Crippen molar-refractivity contribution in [2.24, 2.45) is 22.7 Å². The summed E-state index contributed by atoms with van der Waals surface area (Å²) in [6.07, 6.45) is 12.3. The zero-order chi connectivity index (χ0) is 30.2. The summed E-state index contributed by atoms with van der Waals surface area (Å²) < 4.78 is 1.81. The maximum absolute atomic E-state index is 13.1. The third-order valence-corrected chi connectivity index (χ3v) is 11.2. The maximum Gasteiger partial charge on any atom is 0.335 e. The van der Waals surface area contributed by atoms with Crippen molar-refractivity contribution in [2.75, 3.05) is 18.0 Å². The zero-order valence-corrected chi connectivity index (χ0v) is 26.0. The van der Waals surface area contributed by atoms with Gasteiger partial charge in [0, 0.05) is 23.8 Å². The molecule has 1 saturated heterocycles. The van der Waals surface area contributed by atoms with Crippen molar-refractivity contribution >= 4 is 44.6 Å². The molecule has 0 spiro atoms. The van der Waals surface area contributed by atoms with Crippen LogP contribution >= 0.6 is 15.9 Å². The average molecular weight is 660 g/mol. The summed E-state index contributed by atoms with van der Waals surface area (Å²) in [4.78, 5) is 52.8. The van der Waals surface area contributed by atoms with E-state index >= 15 is 0 Å². The lowest BCUT2D eigenvalue weighted by molar-refractivity contribution is -0.00521. The highest BCUT2D eigenvalue weighted by atomic mass is 79.9. The number of imidazole rings is 1. The largest absolute Gasteiger partial charge is 0.493 e. The monoisotopic (exact) mass is 658 g/mol. The Morgan fingerprint density at radius 1 is 0.864 bits per heavy atom. The highest BCUT2D eigenvalue weighted by Crippen LogP contribution is 2.61. The summed E-state index contributed by atoms with van der Waals surface area (Å²) in [6.45, 7) is 1.71. The molecule has 10 nitrogen and oxygen atoms in total. The lowest BCUT2D eigenvalue weighted by Gasteiger charge is -2.57. The number of aliphatic imine (C=N–C) groups is 1. The van der Waals surface area contributed by atoms with Gasteiger partial charge in [0.1, 0.15) is 5.56 Å². The van der Waals surface area contributed by atoms with Crippen LogP contribution in [0, 0.1) is 17.8 Å². The molecule has 0 radical (unpaired) electrons. The normalized spacial score (nSPS) is 26.3. The van der Waals surface area contributed by atoms with Gasteiger partial charge in [-0.1, -0.05) is 6.07 Å². The molecule has 3 heterocycles. The van der Waals surface area contributed by atoms with Gasteiger partial charge >= 0.3 is 11.4 Å². The van der Waals surface area contributed by atoms with E-state index in [1.807, 2.05) is 12.1 Å². The van der Waals surface area contributed by atoms with Gasteiger partial charge in [0.15, 0.2) is 0 Å². The van der Waals surface area contributed by atoms with Gasteiger partial charge in [0.05, 0.1) is 28.1 Å². The van der Waals surface area contributed by atoms with E-state index in [9.17, 15) is 19.5 Å². The average Bonchev–Trinajstić information content (AvgIpc) is 3.35. The van der Waals surface area contributed by atoms with Gasteiger partial charge in [-0.25, -0.2) is 14.2 Å². The minimum absolute atomic E-state index is 0.131. The molecule has 44 heavy (non-hydrogen) atoms. The van der Waals surface area contributed by atoms with Crippen LogP contribution in [0.2, 0.25) is 0 Å². The van der Waals surface area contributed by atoms with E-state index in [1.165, 1.54) is 50.3 Å². The van der Waals surface area contributed by atoms with Gasteiger partial charge in [0.2, 0.25) is 5.88 Å². The Hall–Kier alpha value is -3.86. The van der Waals surface area contributed by atoms with Crippen molar-refractivity contribution in [1.82, 2.24) is 19.5 Å². The number of hydrogen-bond acceptors (Lipinski definition) is 6. The molecular formula is C33H35BrN6O4. The van der Waals surface area contributed by atoms with Crippen LogP contribution in [0.25, 0.3) is 16.7 Å². The van der Waals surface area contributed by atoms with E-state index in [0.29, 0.717) is 26.9 Å². The van der Waals surface area contributed by atoms with E-state index < -0.39 is 17.1 Å². The van der Waals surface area contributed by atoms with Gasteiger partial charge in [-0.2, -0.15) is 0 Å². The summed E-state index contributed by atoms with van der Waals surface area (Å²) in [5.41, 5.74) is 2.66. The molecule has 0 amide bonds. The third kappa shape index (κ3) is 4.58. The van der Waals surface area contributed by atoms with Gasteiger partial charge in [-0.3, -0.25) is 14.8 Å². The van der Waals surface area contributed by atoms with E-state index in [0.717, 1.165) is 60.4 Å². The number of hydrogen-bond donors (Lipinski definition) is 4. The first kappa shape index (κ1) is 27.7. The number of nitrogens with one attached hydrogen (secondary N) is 3. The highest BCUT2D eigenvalue weighted by Gasteiger charge is 2.51. The smallest absolute Gasteiger partial charge is 0.335 e. The number of benzene rings is 2. The lowest BCUT2D eigenvalue weighted by Crippen LogP contribution is -2.48. The Bertz CT molecular complexity index is 1960. The third-order valence-electron chi connectivity index (χ3n) is 10.6. The van der Waals surface area contributed by atoms with E-state index in [4.69, 9.17) is 0 Å². The molecule has 5 fully saturated rings. The van der Waals surface area contributed by atoms with Crippen LogP contribution in [0.3, 0.4) is 0 Å².